The number of hydrogen-bond donors (Lipinski definition) is 2. The Morgan fingerprint density at radius 1 is 1.50 bits per heavy atom. The van der Waals surface area contributed by atoms with Gasteiger partial charge >= 0.3 is 0 Å². The Hall–Kier alpha value is -2.35. The third-order valence-corrected chi connectivity index (χ3v) is 6.45. The molecule has 1 aliphatic carbocycles. The van der Waals surface area contributed by atoms with Crippen LogP contribution < -0.4 is 20.5 Å². The first-order valence-corrected chi connectivity index (χ1v) is 9.58. The molecule has 1 saturated heterocycles. The first-order valence-electron chi connectivity index (χ1n) is 8.70. The number of ether oxygens (including phenoxy) is 2. The van der Waals surface area contributed by atoms with Gasteiger partial charge < -0.3 is 20.5 Å². The van der Waals surface area contributed by atoms with Gasteiger partial charge in [-0.05, 0) is 24.8 Å². The SMILES string of the molecule is CCC1C(COc2csc3cc(C(N)=O)c(OC)nc23)NC(=O)C12CC2. The lowest BCUT2D eigenvalue weighted by Gasteiger charge is -2.20. The zero-order valence-corrected chi connectivity index (χ0v) is 15.5. The second kappa shape index (κ2) is 6.12. The quantitative estimate of drug-likeness (QED) is 0.805. The molecule has 2 aliphatic rings. The van der Waals surface area contributed by atoms with Crippen LogP contribution in [0, 0.1) is 11.3 Å². The molecule has 138 valence electrons. The normalized spacial score (nSPS) is 23.2. The fourth-order valence-electron chi connectivity index (χ4n) is 4.06. The van der Waals surface area contributed by atoms with Gasteiger partial charge in [-0.1, -0.05) is 13.3 Å². The molecular formula is C18H21N3O4S. The number of thiophene rings is 1. The maximum atomic E-state index is 12.3. The summed E-state index contributed by atoms with van der Waals surface area (Å²) in [7, 11) is 1.45. The summed E-state index contributed by atoms with van der Waals surface area (Å²) in [5.41, 5.74) is 6.11. The van der Waals surface area contributed by atoms with Crippen molar-refractivity contribution in [1.29, 1.82) is 0 Å². The van der Waals surface area contributed by atoms with E-state index in [9.17, 15) is 9.59 Å². The van der Waals surface area contributed by atoms with Crippen LogP contribution in [-0.4, -0.2) is 36.6 Å². The number of nitrogens with one attached hydrogen (secondary N) is 1. The molecule has 2 unspecified atom stereocenters. The van der Waals surface area contributed by atoms with Gasteiger partial charge in [0, 0.05) is 5.38 Å². The lowest BCUT2D eigenvalue weighted by Crippen LogP contribution is -2.34. The van der Waals surface area contributed by atoms with Crippen LogP contribution in [-0.2, 0) is 4.79 Å². The number of carbonyl (C=O) groups is 2. The average Bonchev–Trinajstić information content (AvgIpc) is 3.26. The van der Waals surface area contributed by atoms with E-state index in [1.54, 1.807) is 6.07 Å². The van der Waals surface area contributed by atoms with E-state index >= 15 is 0 Å². The van der Waals surface area contributed by atoms with Crippen molar-refractivity contribution < 1.29 is 19.1 Å². The summed E-state index contributed by atoms with van der Waals surface area (Å²) in [6.45, 7) is 2.52. The summed E-state index contributed by atoms with van der Waals surface area (Å²) in [4.78, 5) is 28.2. The van der Waals surface area contributed by atoms with Gasteiger partial charge in [-0.3, -0.25) is 9.59 Å². The van der Waals surface area contributed by atoms with E-state index in [0.29, 0.717) is 23.8 Å². The van der Waals surface area contributed by atoms with Crippen molar-refractivity contribution in [2.75, 3.05) is 13.7 Å². The van der Waals surface area contributed by atoms with Crippen molar-refractivity contribution in [3.05, 3.63) is 17.0 Å². The highest BCUT2D eigenvalue weighted by Crippen LogP contribution is 2.57. The van der Waals surface area contributed by atoms with Gasteiger partial charge in [0.1, 0.15) is 17.7 Å². The lowest BCUT2D eigenvalue weighted by molar-refractivity contribution is -0.124. The van der Waals surface area contributed by atoms with Crippen LogP contribution in [0.4, 0.5) is 0 Å². The maximum Gasteiger partial charge on any atom is 0.254 e. The zero-order chi connectivity index (χ0) is 18.5. The number of carbonyl (C=O) groups excluding carboxylic acids is 2. The van der Waals surface area contributed by atoms with Gasteiger partial charge in [0.05, 0.1) is 23.3 Å². The Bertz CT molecular complexity index is 890. The number of amides is 2. The van der Waals surface area contributed by atoms with Crippen molar-refractivity contribution in [3.63, 3.8) is 0 Å². The highest BCUT2D eigenvalue weighted by Gasteiger charge is 2.61. The number of aromatic nitrogens is 1. The minimum atomic E-state index is -0.582. The smallest absolute Gasteiger partial charge is 0.254 e. The van der Waals surface area contributed by atoms with E-state index in [2.05, 4.69) is 17.2 Å². The lowest BCUT2D eigenvalue weighted by atomic mass is 9.85. The number of rotatable bonds is 6. The standard InChI is InChI=1S/C18H21N3O4S/c1-3-10-11(20-17(23)18(10)4-5-18)7-25-12-8-26-13-6-9(15(19)22)16(24-2)21-14(12)13/h6,8,10-11H,3-5,7H2,1-2H3,(H2,19,22)(H,20,23). The van der Waals surface area contributed by atoms with Gasteiger partial charge in [0.25, 0.3) is 5.91 Å². The molecule has 2 aromatic rings. The highest BCUT2D eigenvalue weighted by atomic mass is 32.1. The second-order valence-electron chi connectivity index (χ2n) is 6.92. The molecule has 2 atom stereocenters. The predicted molar refractivity (Wildman–Crippen MR) is 97.6 cm³/mol. The zero-order valence-electron chi connectivity index (χ0n) is 14.7. The Morgan fingerprint density at radius 2 is 2.27 bits per heavy atom. The molecular weight excluding hydrogens is 354 g/mol. The van der Waals surface area contributed by atoms with Gasteiger partial charge in [-0.2, -0.15) is 0 Å². The molecule has 2 amide bonds. The van der Waals surface area contributed by atoms with E-state index in [-0.39, 0.29) is 28.8 Å². The molecule has 3 heterocycles. The summed E-state index contributed by atoms with van der Waals surface area (Å²) in [5, 5.41) is 4.95. The predicted octanol–water partition coefficient (Wildman–Crippen LogP) is 2.09. The third-order valence-electron chi connectivity index (χ3n) is 5.55. The maximum absolute atomic E-state index is 12.3. The average molecular weight is 375 g/mol. The number of nitrogens with zero attached hydrogens (tertiary/aromatic N) is 1. The van der Waals surface area contributed by atoms with Crippen molar-refractivity contribution >= 4 is 33.4 Å². The minimum absolute atomic E-state index is 0.0109. The summed E-state index contributed by atoms with van der Waals surface area (Å²) >= 11 is 1.43. The number of pyridine rings is 1. The Labute approximate surface area is 154 Å². The molecule has 1 aliphatic heterocycles. The highest BCUT2D eigenvalue weighted by molar-refractivity contribution is 7.17. The first-order chi connectivity index (χ1) is 12.5. The molecule has 2 aromatic heterocycles. The van der Waals surface area contributed by atoms with Crippen molar-refractivity contribution in [2.24, 2.45) is 17.1 Å². The molecule has 7 nitrogen and oxygen atoms in total. The van der Waals surface area contributed by atoms with E-state index in [1.165, 1.54) is 18.4 Å². The Balaban J connectivity index is 1.56. The van der Waals surface area contributed by atoms with Gasteiger partial charge in [0.2, 0.25) is 11.8 Å². The largest absolute Gasteiger partial charge is 0.488 e. The number of nitrogens with two attached hydrogens (primary N) is 1. The number of methoxy groups -OCH3 is 1. The molecule has 4 rings (SSSR count). The summed E-state index contributed by atoms with van der Waals surface area (Å²) in [5.74, 6) is 0.704. The fourth-order valence-corrected chi connectivity index (χ4v) is 4.92. The van der Waals surface area contributed by atoms with E-state index in [0.717, 1.165) is 24.0 Å². The number of hydrogen-bond acceptors (Lipinski definition) is 6. The molecule has 1 saturated carbocycles. The van der Waals surface area contributed by atoms with Gasteiger partial charge in [-0.25, -0.2) is 4.98 Å². The van der Waals surface area contributed by atoms with E-state index in [1.807, 2.05) is 5.38 Å². The monoisotopic (exact) mass is 375 g/mol. The van der Waals surface area contributed by atoms with Crippen LogP contribution in [0.25, 0.3) is 10.2 Å². The third kappa shape index (κ3) is 2.51. The van der Waals surface area contributed by atoms with Crippen LogP contribution in [0.2, 0.25) is 0 Å². The van der Waals surface area contributed by atoms with E-state index < -0.39 is 5.91 Å². The molecule has 0 aromatic carbocycles. The second-order valence-corrected chi connectivity index (χ2v) is 7.83. The van der Waals surface area contributed by atoms with Crippen LogP contribution in [0.1, 0.15) is 36.5 Å². The molecule has 2 fully saturated rings. The first kappa shape index (κ1) is 17.1. The molecule has 8 heteroatoms. The minimum Gasteiger partial charge on any atom is -0.488 e. The van der Waals surface area contributed by atoms with E-state index in [4.69, 9.17) is 15.2 Å². The Morgan fingerprint density at radius 3 is 2.88 bits per heavy atom. The molecule has 0 bridgehead atoms. The molecule has 3 N–H and O–H groups in total. The molecule has 0 radical (unpaired) electrons. The van der Waals surface area contributed by atoms with Crippen molar-refractivity contribution in [2.45, 2.75) is 32.2 Å². The molecule has 26 heavy (non-hydrogen) atoms. The summed E-state index contributed by atoms with van der Waals surface area (Å²) in [6, 6.07) is 1.68. The summed E-state index contributed by atoms with van der Waals surface area (Å²) < 4.78 is 12.0. The number of primary amides is 1. The van der Waals surface area contributed by atoms with Crippen LogP contribution in [0.5, 0.6) is 11.6 Å². The van der Waals surface area contributed by atoms with Gasteiger partial charge in [-0.15, -0.1) is 11.3 Å². The topological polar surface area (TPSA) is 104 Å². The summed E-state index contributed by atoms with van der Waals surface area (Å²) in [6.07, 6.45) is 2.90. The molecule has 1 spiro atoms. The van der Waals surface area contributed by atoms with Crippen LogP contribution in [0.15, 0.2) is 11.4 Å². The van der Waals surface area contributed by atoms with Crippen molar-refractivity contribution in [1.82, 2.24) is 10.3 Å². The van der Waals surface area contributed by atoms with Crippen LogP contribution >= 0.6 is 11.3 Å². The Kier molecular flexibility index (Phi) is 4.02. The van der Waals surface area contributed by atoms with Crippen LogP contribution in [0.3, 0.4) is 0 Å². The fraction of sp³-hybridized carbons (Fsp3) is 0.500. The van der Waals surface area contributed by atoms with Gasteiger partial charge in [0.15, 0.2) is 5.75 Å². The number of fused-ring (bicyclic) bond motifs is 1. The van der Waals surface area contributed by atoms with Crippen molar-refractivity contribution in [3.8, 4) is 11.6 Å².